The lowest BCUT2D eigenvalue weighted by Gasteiger charge is -2.37. The van der Waals surface area contributed by atoms with Gasteiger partial charge in [-0.3, -0.25) is 4.90 Å². The quantitative estimate of drug-likeness (QED) is 0.801. The first-order valence-electron chi connectivity index (χ1n) is 7.35. The van der Waals surface area contributed by atoms with Crippen LogP contribution in [0.1, 0.15) is 20.3 Å². The fourth-order valence-electron chi connectivity index (χ4n) is 2.95. The third-order valence-corrected chi connectivity index (χ3v) is 4.46. The normalized spacial score (nSPS) is 33.5. The highest BCUT2D eigenvalue weighted by Crippen LogP contribution is 2.22. The molecular weight excluding hydrogens is 228 g/mol. The van der Waals surface area contributed by atoms with E-state index in [-0.39, 0.29) is 6.10 Å². The zero-order valence-electron chi connectivity index (χ0n) is 11.8. The average Bonchev–Trinajstić information content (AvgIpc) is 2.35. The van der Waals surface area contributed by atoms with Gasteiger partial charge in [0.05, 0.1) is 19.3 Å². The predicted molar refractivity (Wildman–Crippen MR) is 72.7 cm³/mol. The molecule has 0 saturated carbocycles. The Morgan fingerprint density at radius 1 is 1.06 bits per heavy atom. The molecule has 18 heavy (non-hydrogen) atoms. The van der Waals surface area contributed by atoms with Crippen LogP contribution in [0.4, 0.5) is 0 Å². The minimum absolute atomic E-state index is 0.219. The highest BCUT2D eigenvalue weighted by Gasteiger charge is 2.24. The average molecular weight is 256 g/mol. The van der Waals surface area contributed by atoms with Crippen LogP contribution >= 0.6 is 0 Å². The minimum atomic E-state index is -0.219. The lowest BCUT2D eigenvalue weighted by atomic mass is 9.88. The molecule has 0 aromatic carbocycles. The van der Waals surface area contributed by atoms with E-state index in [2.05, 4.69) is 23.6 Å². The smallest absolute Gasteiger partial charge is 0.0793 e. The second-order valence-corrected chi connectivity index (χ2v) is 6.07. The minimum Gasteiger partial charge on any atom is -0.390 e. The number of aliphatic hydroxyl groups is 1. The van der Waals surface area contributed by atoms with E-state index in [1.165, 1.54) is 6.42 Å². The summed E-state index contributed by atoms with van der Waals surface area (Å²) in [5.74, 6) is 1.59. The lowest BCUT2D eigenvalue weighted by Crippen LogP contribution is -2.47. The van der Waals surface area contributed by atoms with Gasteiger partial charge in [0.2, 0.25) is 0 Å². The zero-order chi connectivity index (χ0) is 13.0. The highest BCUT2D eigenvalue weighted by molar-refractivity contribution is 4.78. The largest absolute Gasteiger partial charge is 0.390 e. The Hall–Kier alpha value is -0.160. The third-order valence-electron chi connectivity index (χ3n) is 4.46. The van der Waals surface area contributed by atoms with Crippen LogP contribution in [0.15, 0.2) is 0 Å². The Morgan fingerprint density at radius 2 is 1.72 bits per heavy atom. The molecule has 2 aliphatic rings. The molecule has 4 heteroatoms. The van der Waals surface area contributed by atoms with Gasteiger partial charge in [-0.1, -0.05) is 13.8 Å². The molecule has 0 spiro atoms. The monoisotopic (exact) mass is 256 g/mol. The molecule has 0 radical (unpaired) electrons. The van der Waals surface area contributed by atoms with Crippen molar-refractivity contribution in [3.05, 3.63) is 0 Å². The molecule has 1 N–H and O–H groups in total. The second kappa shape index (κ2) is 6.85. The van der Waals surface area contributed by atoms with Crippen LogP contribution in [0.3, 0.4) is 0 Å². The van der Waals surface area contributed by atoms with Gasteiger partial charge < -0.3 is 14.7 Å². The molecule has 4 nitrogen and oxygen atoms in total. The summed E-state index contributed by atoms with van der Waals surface area (Å²) in [6.45, 7) is 12.1. The molecule has 2 saturated heterocycles. The van der Waals surface area contributed by atoms with Crippen LogP contribution < -0.4 is 0 Å². The van der Waals surface area contributed by atoms with E-state index in [9.17, 15) is 5.11 Å². The molecule has 0 bridgehead atoms. The van der Waals surface area contributed by atoms with E-state index in [1.54, 1.807) is 0 Å². The molecule has 0 aromatic rings. The molecule has 0 amide bonds. The van der Waals surface area contributed by atoms with E-state index in [4.69, 9.17) is 4.74 Å². The summed E-state index contributed by atoms with van der Waals surface area (Å²) < 4.78 is 5.32. The maximum atomic E-state index is 10.2. The Kier molecular flexibility index (Phi) is 5.42. The first-order valence-corrected chi connectivity index (χ1v) is 7.35. The molecule has 3 unspecified atom stereocenters. The van der Waals surface area contributed by atoms with Gasteiger partial charge in [-0.15, -0.1) is 0 Å². The van der Waals surface area contributed by atoms with Crippen LogP contribution in [0.5, 0.6) is 0 Å². The van der Waals surface area contributed by atoms with Gasteiger partial charge in [-0.2, -0.15) is 0 Å². The summed E-state index contributed by atoms with van der Waals surface area (Å²) in [5, 5.41) is 10.2. The number of ether oxygens (including phenoxy) is 1. The molecule has 3 atom stereocenters. The summed E-state index contributed by atoms with van der Waals surface area (Å²) in [6, 6.07) is 0. The SMILES string of the molecule is CC1CCN(CC(O)CN2CCOCC2)CC1C. The van der Waals surface area contributed by atoms with Crippen molar-refractivity contribution in [3.63, 3.8) is 0 Å². The number of aliphatic hydroxyl groups excluding tert-OH is 1. The molecule has 0 aromatic heterocycles. The van der Waals surface area contributed by atoms with E-state index in [1.807, 2.05) is 0 Å². The first-order chi connectivity index (χ1) is 8.65. The van der Waals surface area contributed by atoms with Gasteiger partial charge in [0.15, 0.2) is 0 Å². The number of nitrogens with zero attached hydrogens (tertiary/aromatic N) is 2. The van der Waals surface area contributed by atoms with Gasteiger partial charge in [0, 0.05) is 32.7 Å². The van der Waals surface area contributed by atoms with Crippen molar-refractivity contribution < 1.29 is 9.84 Å². The van der Waals surface area contributed by atoms with Crippen LogP contribution in [0.25, 0.3) is 0 Å². The number of likely N-dealkylation sites (tertiary alicyclic amines) is 1. The standard InChI is InChI=1S/C14H28N2O2/c1-12-3-4-16(9-13(12)2)11-14(17)10-15-5-7-18-8-6-15/h12-14,17H,3-11H2,1-2H3. The highest BCUT2D eigenvalue weighted by atomic mass is 16.5. The molecule has 2 aliphatic heterocycles. The van der Waals surface area contributed by atoms with Gasteiger partial charge in [-0.05, 0) is 24.8 Å². The summed E-state index contributed by atoms with van der Waals surface area (Å²) in [6.07, 6.45) is 1.05. The van der Waals surface area contributed by atoms with E-state index < -0.39 is 0 Å². The Balaban J connectivity index is 1.68. The fourth-order valence-corrected chi connectivity index (χ4v) is 2.95. The molecule has 106 valence electrons. The van der Waals surface area contributed by atoms with Crippen LogP contribution in [0.2, 0.25) is 0 Å². The lowest BCUT2D eigenvalue weighted by molar-refractivity contribution is 0.00151. The van der Waals surface area contributed by atoms with Gasteiger partial charge in [0.25, 0.3) is 0 Å². The fraction of sp³-hybridized carbons (Fsp3) is 1.00. The first kappa shape index (κ1) is 14.3. The maximum absolute atomic E-state index is 10.2. The van der Waals surface area contributed by atoms with Gasteiger partial charge in [-0.25, -0.2) is 0 Å². The molecule has 2 rings (SSSR count). The number of morpholine rings is 1. The van der Waals surface area contributed by atoms with Crippen molar-refractivity contribution in [1.29, 1.82) is 0 Å². The Labute approximate surface area is 111 Å². The molecular formula is C14H28N2O2. The Morgan fingerprint density at radius 3 is 2.39 bits per heavy atom. The topological polar surface area (TPSA) is 35.9 Å². The van der Waals surface area contributed by atoms with E-state index in [0.717, 1.165) is 64.3 Å². The number of hydrogen-bond donors (Lipinski definition) is 1. The summed E-state index contributed by atoms with van der Waals surface area (Å²) in [7, 11) is 0. The molecule has 2 heterocycles. The van der Waals surface area contributed by atoms with Crippen molar-refractivity contribution in [2.45, 2.75) is 26.4 Å². The van der Waals surface area contributed by atoms with Crippen LogP contribution in [-0.4, -0.2) is 73.5 Å². The van der Waals surface area contributed by atoms with Gasteiger partial charge in [0.1, 0.15) is 0 Å². The number of hydrogen-bond acceptors (Lipinski definition) is 4. The summed E-state index contributed by atoms with van der Waals surface area (Å²) in [5.41, 5.74) is 0. The number of β-amino-alcohol motifs (C(OH)–C–C–N with tert-alkyl or cyclic N) is 1. The summed E-state index contributed by atoms with van der Waals surface area (Å²) >= 11 is 0. The van der Waals surface area contributed by atoms with Crippen molar-refractivity contribution in [2.75, 3.05) is 52.5 Å². The van der Waals surface area contributed by atoms with Crippen molar-refractivity contribution >= 4 is 0 Å². The van der Waals surface area contributed by atoms with Crippen LogP contribution in [-0.2, 0) is 4.74 Å². The van der Waals surface area contributed by atoms with Gasteiger partial charge >= 0.3 is 0 Å². The molecule has 2 fully saturated rings. The second-order valence-electron chi connectivity index (χ2n) is 6.07. The maximum Gasteiger partial charge on any atom is 0.0793 e. The summed E-state index contributed by atoms with van der Waals surface area (Å²) in [4.78, 5) is 4.74. The van der Waals surface area contributed by atoms with Crippen molar-refractivity contribution in [3.8, 4) is 0 Å². The van der Waals surface area contributed by atoms with Crippen molar-refractivity contribution in [2.24, 2.45) is 11.8 Å². The number of piperidine rings is 1. The van der Waals surface area contributed by atoms with Crippen LogP contribution in [0, 0.1) is 11.8 Å². The Bertz CT molecular complexity index is 244. The zero-order valence-corrected chi connectivity index (χ0v) is 11.8. The van der Waals surface area contributed by atoms with E-state index >= 15 is 0 Å². The van der Waals surface area contributed by atoms with Crippen molar-refractivity contribution in [1.82, 2.24) is 9.80 Å². The molecule has 0 aliphatic carbocycles. The number of rotatable bonds is 4. The van der Waals surface area contributed by atoms with E-state index in [0.29, 0.717) is 0 Å². The predicted octanol–water partition coefficient (Wildman–Crippen LogP) is 0.657. The third kappa shape index (κ3) is 4.19.